The molecule has 0 atom stereocenters. The number of halogens is 1. The van der Waals surface area contributed by atoms with E-state index in [2.05, 4.69) is 28.0 Å². The first-order chi connectivity index (χ1) is 10.3. The number of para-hydroxylation sites is 1. The fraction of sp³-hybridized carbons (Fsp3) is 0.375. The first-order valence-corrected chi connectivity index (χ1v) is 8.45. The highest BCUT2D eigenvalue weighted by Gasteiger charge is 2.19. The van der Waals surface area contributed by atoms with Crippen LogP contribution in [0.1, 0.15) is 9.75 Å². The predicted octanol–water partition coefficient (Wildman–Crippen LogP) is 3.18. The van der Waals surface area contributed by atoms with Gasteiger partial charge in [-0.3, -0.25) is 4.90 Å². The number of nitrogens with two attached hydrogens (primary N) is 1. The molecular formula is C16H20ClN3S. The topological polar surface area (TPSA) is 32.5 Å². The molecule has 0 radical (unpaired) electrons. The Hall–Kier alpha value is -1.07. The lowest BCUT2D eigenvalue weighted by atomic mass is 10.2. The third-order valence-corrected chi connectivity index (χ3v) is 5.28. The van der Waals surface area contributed by atoms with Gasteiger partial charge >= 0.3 is 0 Å². The van der Waals surface area contributed by atoms with E-state index >= 15 is 0 Å². The van der Waals surface area contributed by atoms with Gasteiger partial charge in [0.05, 0.1) is 10.7 Å². The van der Waals surface area contributed by atoms with Crippen LogP contribution < -0.4 is 10.6 Å². The Kier molecular flexibility index (Phi) is 4.80. The van der Waals surface area contributed by atoms with Crippen LogP contribution in [0.4, 0.5) is 5.69 Å². The van der Waals surface area contributed by atoms with Crippen molar-refractivity contribution >= 4 is 28.6 Å². The van der Waals surface area contributed by atoms with Crippen molar-refractivity contribution in [1.82, 2.24) is 4.90 Å². The van der Waals surface area contributed by atoms with Gasteiger partial charge in [0.2, 0.25) is 0 Å². The molecule has 2 aromatic rings. The van der Waals surface area contributed by atoms with E-state index in [-0.39, 0.29) is 0 Å². The van der Waals surface area contributed by atoms with E-state index < -0.39 is 0 Å². The molecule has 0 amide bonds. The van der Waals surface area contributed by atoms with Crippen molar-refractivity contribution < 1.29 is 0 Å². The summed E-state index contributed by atoms with van der Waals surface area (Å²) in [4.78, 5) is 7.54. The van der Waals surface area contributed by atoms with Crippen molar-refractivity contribution in [2.24, 2.45) is 5.73 Å². The molecular weight excluding hydrogens is 302 g/mol. The van der Waals surface area contributed by atoms with Crippen LogP contribution in [0, 0.1) is 0 Å². The third-order valence-electron chi connectivity index (χ3n) is 3.86. The molecule has 1 aliphatic rings. The Morgan fingerprint density at radius 2 is 1.71 bits per heavy atom. The molecule has 2 N–H and O–H groups in total. The van der Waals surface area contributed by atoms with Crippen molar-refractivity contribution in [3.05, 3.63) is 51.2 Å². The number of rotatable bonds is 4. The molecule has 1 aliphatic heterocycles. The Morgan fingerprint density at radius 3 is 2.38 bits per heavy atom. The monoisotopic (exact) mass is 321 g/mol. The average Bonchev–Trinajstić information content (AvgIpc) is 2.96. The molecule has 2 heterocycles. The first kappa shape index (κ1) is 14.9. The fourth-order valence-corrected chi connectivity index (χ4v) is 3.89. The van der Waals surface area contributed by atoms with Gasteiger partial charge in [0.15, 0.2) is 0 Å². The fourth-order valence-electron chi connectivity index (χ4n) is 2.69. The molecule has 3 rings (SSSR count). The minimum atomic E-state index is 0.644. The average molecular weight is 322 g/mol. The van der Waals surface area contributed by atoms with Gasteiger partial charge in [-0.1, -0.05) is 23.7 Å². The Labute approximate surface area is 134 Å². The normalized spacial score (nSPS) is 16.4. The lowest BCUT2D eigenvalue weighted by molar-refractivity contribution is 0.252. The van der Waals surface area contributed by atoms with Crippen molar-refractivity contribution in [3.8, 4) is 0 Å². The number of piperazine rings is 1. The first-order valence-electron chi connectivity index (χ1n) is 7.26. The van der Waals surface area contributed by atoms with Crippen LogP contribution in [0.15, 0.2) is 36.4 Å². The van der Waals surface area contributed by atoms with E-state index in [0.717, 1.165) is 43.4 Å². The Bertz CT molecular complexity index is 591. The molecule has 0 aliphatic carbocycles. The van der Waals surface area contributed by atoms with Crippen LogP contribution >= 0.6 is 22.9 Å². The number of hydrogen-bond donors (Lipinski definition) is 1. The van der Waals surface area contributed by atoms with Crippen LogP contribution in [-0.2, 0) is 13.1 Å². The van der Waals surface area contributed by atoms with Gasteiger partial charge in [-0.25, -0.2) is 0 Å². The van der Waals surface area contributed by atoms with Gasteiger partial charge in [0, 0.05) is 49.0 Å². The van der Waals surface area contributed by atoms with E-state index in [9.17, 15) is 0 Å². The molecule has 21 heavy (non-hydrogen) atoms. The molecule has 112 valence electrons. The SMILES string of the molecule is NCc1ccc(CN2CCN(c3ccccc3Cl)CC2)s1. The van der Waals surface area contributed by atoms with Crippen LogP contribution in [0.25, 0.3) is 0 Å². The molecule has 5 heteroatoms. The van der Waals surface area contributed by atoms with Gasteiger partial charge in [-0.15, -0.1) is 11.3 Å². The summed E-state index contributed by atoms with van der Waals surface area (Å²) in [6.45, 7) is 5.87. The zero-order chi connectivity index (χ0) is 14.7. The van der Waals surface area contributed by atoms with E-state index in [1.54, 1.807) is 0 Å². The van der Waals surface area contributed by atoms with Gasteiger partial charge in [0.25, 0.3) is 0 Å². The zero-order valence-corrected chi connectivity index (χ0v) is 13.5. The number of hydrogen-bond acceptors (Lipinski definition) is 4. The summed E-state index contributed by atoms with van der Waals surface area (Å²) in [5.41, 5.74) is 6.82. The molecule has 1 saturated heterocycles. The molecule has 0 bridgehead atoms. The Balaban J connectivity index is 1.56. The van der Waals surface area contributed by atoms with Crippen molar-refractivity contribution in [1.29, 1.82) is 0 Å². The third kappa shape index (κ3) is 3.58. The smallest absolute Gasteiger partial charge is 0.0639 e. The lowest BCUT2D eigenvalue weighted by Crippen LogP contribution is -2.45. The van der Waals surface area contributed by atoms with E-state index in [0.29, 0.717) is 6.54 Å². The summed E-state index contributed by atoms with van der Waals surface area (Å²) in [5, 5.41) is 0.844. The summed E-state index contributed by atoms with van der Waals surface area (Å²) in [7, 11) is 0. The number of anilines is 1. The molecule has 0 unspecified atom stereocenters. The van der Waals surface area contributed by atoms with E-state index in [1.165, 1.54) is 9.75 Å². The second-order valence-corrected chi connectivity index (χ2v) is 6.95. The summed E-state index contributed by atoms with van der Waals surface area (Å²) in [6, 6.07) is 12.4. The maximum absolute atomic E-state index is 6.28. The molecule has 1 fully saturated rings. The minimum absolute atomic E-state index is 0.644. The van der Waals surface area contributed by atoms with Gasteiger partial charge in [0.1, 0.15) is 0 Å². The summed E-state index contributed by atoms with van der Waals surface area (Å²) in [6.07, 6.45) is 0. The number of benzene rings is 1. The maximum atomic E-state index is 6.28. The second kappa shape index (κ2) is 6.79. The lowest BCUT2D eigenvalue weighted by Gasteiger charge is -2.36. The summed E-state index contributed by atoms with van der Waals surface area (Å²) >= 11 is 8.10. The van der Waals surface area contributed by atoms with Gasteiger partial charge in [-0.2, -0.15) is 0 Å². The van der Waals surface area contributed by atoms with Gasteiger partial charge in [-0.05, 0) is 24.3 Å². The van der Waals surface area contributed by atoms with Crippen molar-refractivity contribution in [2.75, 3.05) is 31.1 Å². The minimum Gasteiger partial charge on any atom is -0.368 e. The van der Waals surface area contributed by atoms with Gasteiger partial charge < -0.3 is 10.6 Å². The molecule has 3 nitrogen and oxygen atoms in total. The quantitative estimate of drug-likeness (QED) is 0.938. The summed E-state index contributed by atoms with van der Waals surface area (Å²) < 4.78 is 0. The largest absolute Gasteiger partial charge is 0.368 e. The summed E-state index contributed by atoms with van der Waals surface area (Å²) in [5.74, 6) is 0. The molecule has 1 aromatic heterocycles. The molecule has 0 spiro atoms. The highest BCUT2D eigenvalue weighted by molar-refractivity contribution is 7.11. The second-order valence-electron chi connectivity index (χ2n) is 5.29. The van der Waals surface area contributed by atoms with Crippen LogP contribution in [0.5, 0.6) is 0 Å². The van der Waals surface area contributed by atoms with Crippen LogP contribution in [0.2, 0.25) is 5.02 Å². The molecule has 1 aromatic carbocycles. The highest BCUT2D eigenvalue weighted by atomic mass is 35.5. The predicted molar refractivity (Wildman–Crippen MR) is 91.2 cm³/mol. The standard InChI is InChI=1S/C16H20ClN3S/c17-15-3-1-2-4-16(15)20-9-7-19(8-10-20)12-14-6-5-13(11-18)21-14/h1-6H,7-12,18H2. The van der Waals surface area contributed by atoms with Crippen LogP contribution in [0.3, 0.4) is 0 Å². The maximum Gasteiger partial charge on any atom is 0.0639 e. The number of thiophene rings is 1. The zero-order valence-electron chi connectivity index (χ0n) is 12.0. The van der Waals surface area contributed by atoms with Crippen molar-refractivity contribution in [2.45, 2.75) is 13.1 Å². The molecule has 0 saturated carbocycles. The van der Waals surface area contributed by atoms with Crippen molar-refractivity contribution in [3.63, 3.8) is 0 Å². The number of nitrogens with zero attached hydrogens (tertiary/aromatic N) is 2. The Morgan fingerprint density at radius 1 is 1.00 bits per heavy atom. The highest BCUT2D eigenvalue weighted by Crippen LogP contribution is 2.26. The van der Waals surface area contributed by atoms with Crippen LogP contribution in [-0.4, -0.2) is 31.1 Å². The van der Waals surface area contributed by atoms with E-state index in [4.69, 9.17) is 17.3 Å². The van der Waals surface area contributed by atoms with E-state index in [1.807, 2.05) is 29.5 Å².